The average molecular weight is 294 g/mol. The number of phenols is 1. The predicted molar refractivity (Wildman–Crippen MR) is 79.5 cm³/mol. The molecule has 2 N–H and O–H groups in total. The summed E-state index contributed by atoms with van der Waals surface area (Å²) in [6, 6.07) is 4.39. The summed E-state index contributed by atoms with van der Waals surface area (Å²) in [7, 11) is 2.99. The van der Waals surface area contributed by atoms with Crippen molar-refractivity contribution in [3.05, 3.63) is 23.8 Å². The van der Waals surface area contributed by atoms with Crippen LogP contribution in [0.2, 0.25) is 0 Å². The summed E-state index contributed by atoms with van der Waals surface area (Å²) in [5, 5.41) is 12.5. The summed E-state index contributed by atoms with van der Waals surface area (Å²) < 4.78 is 5.02. The smallest absolute Gasteiger partial charge is 0.257 e. The second-order valence-corrected chi connectivity index (χ2v) is 5.24. The number of carbonyl (C=O) groups excluding carboxylic acids is 2. The molecule has 0 heterocycles. The van der Waals surface area contributed by atoms with Crippen molar-refractivity contribution in [1.29, 1.82) is 0 Å². The topological polar surface area (TPSA) is 78.9 Å². The van der Waals surface area contributed by atoms with Crippen LogP contribution in [-0.4, -0.2) is 49.1 Å². The molecule has 6 nitrogen and oxygen atoms in total. The van der Waals surface area contributed by atoms with Crippen molar-refractivity contribution in [3.63, 3.8) is 0 Å². The fourth-order valence-corrected chi connectivity index (χ4v) is 1.68. The lowest BCUT2D eigenvalue weighted by molar-refractivity contribution is -0.121. The Morgan fingerprint density at radius 3 is 2.62 bits per heavy atom. The Morgan fingerprint density at radius 2 is 2.05 bits per heavy atom. The fraction of sp³-hybridized carbons (Fsp3) is 0.467. The summed E-state index contributed by atoms with van der Waals surface area (Å²) in [4.78, 5) is 25.2. The first-order chi connectivity index (χ1) is 9.85. The van der Waals surface area contributed by atoms with Gasteiger partial charge in [-0.05, 0) is 24.1 Å². The third-order valence-electron chi connectivity index (χ3n) is 2.87. The van der Waals surface area contributed by atoms with Gasteiger partial charge in [0.05, 0.1) is 19.2 Å². The second kappa shape index (κ2) is 7.52. The van der Waals surface area contributed by atoms with Crippen LogP contribution in [0.4, 0.5) is 0 Å². The molecule has 0 spiro atoms. The van der Waals surface area contributed by atoms with E-state index in [4.69, 9.17) is 4.74 Å². The minimum absolute atomic E-state index is 0.0673. The van der Waals surface area contributed by atoms with Crippen molar-refractivity contribution < 1.29 is 19.4 Å². The monoisotopic (exact) mass is 294 g/mol. The molecule has 1 aromatic rings. The standard InChI is InChI=1S/C15H22N2O4/c1-10(2)8-16-14(19)9-17(3)15(20)12-7-11(21-4)5-6-13(12)18/h5-7,10,18H,8-9H2,1-4H3,(H,16,19). The maximum absolute atomic E-state index is 12.2. The fourth-order valence-electron chi connectivity index (χ4n) is 1.68. The molecule has 0 aliphatic carbocycles. The van der Waals surface area contributed by atoms with Crippen molar-refractivity contribution in [1.82, 2.24) is 10.2 Å². The first-order valence-electron chi connectivity index (χ1n) is 6.74. The maximum atomic E-state index is 12.2. The van der Waals surface area contributed by atoms with E-state index in [0.717, 1.165) is 0 Å². The number of carbonyl (C=O) groups is 2. The van der Waals surface area contributed by atoms with Crippen molar-refractivity contribution in [2.24, 2.45) is 5.92 Å². The molecule has 0 saturated carbocycles. The molecule has 0 fully saturated rings. The normalized spacial score (nSPS) is 10.3. The summed E-state index contributed by atoms with van der Waals surface area (Å²) in [5.74, 6) is -0.00512. The number of hydrogen-bond donors (Lipinski definition) is 2. The number of benzene rings is 1. The summed E-state index contributed by atoms with van der Waals surface area (Å²) in [5.41, 5.74) is 0.105. The highest BCUT2D eigenvalue weighted by Gasteiger charge is 2.18. The zero-order valence-electron chi connectivity index (χ0n) is 12.8. The minimum atomic E-state index is -0.439. The zero-order chi connectivity index (χ0) is 16.0. The number of methoxy groups -OCH3 is 1. The van der Waals surface area contributed by atoms with Crippen LogP contribution >= 0.6 is 0 Å². The van der Waals surface area contributed by atoms with Crippen LogP contribution in [-0.2, 0) is 4.79 Å². The van der Waals surface area contributed by atoms with Gasteiger partial charge in [-0.1, -0.05) is 13.8 Å². The van der Waals surface area contributed by atoms with Gasteiger partial charge in [-0.15, -0.1) is 0 Å². The lowest BCUT2D eigenvalue weighted by atomic mass is 10.1. The summed E-state index contributed by atoms with van der Waals surface area (Å²) in [6.07, 6.45) is 0. The Kier molecular flexibility index (Phi) is 6.02. The van der Waals surface area contributed by atoms with Crippen LogP contribution in [0, 0.1) is 5.92 Å². The van der Waals surface area contributed by atoms with Gasteiger partial charge in [0.2, 0.25) is 5.91 Å². The molecule has 0 aliphatic heterocycles. The number of amides is 2. The van der Waals surface area contributed by atoms with E-state index in [-0.39, 0.29) is 23.8 Å². The predicted octanol–water partition coefficient (Wildman–Crippen LogP) is 1.24. The Balaban J connectivity index is 2.72. The molecular formula is C15H22N2O4. The largest absolute Gasteiger partial charge is 0.507 e. The number of aromatic hydroxyl groups is 1. The first kappa shape index (κ1) is 16.8. The number of phenolic OH excluding ortho intramolecular Hbond substituents is 1. The number of hydrogen-bond acceptors (Lipinski definition) is 4. The number of rotatable bonds is 6. The van der Waals surface area contributed by atoms with Crippen molar-refractivity contribution in [3.8, 4) is 11.5 Å². The van der Waals surface area contributed by atoms with E-state index < -0.39 is 5.91 Å². The van der Waals surface area contributed by atoms with Gasteiger partial charge in [-0.25, -0.2) is 0 Å². The molecule has 0 bridgehead atoms. The van der Waals surface area contributed by atoms with Gasteiger partial charge in [-0.2, -0.15) is 0 Å². The van der Waals surface area contributed by atoms with Crippen LogP contribution < -0.4 is 10.1 Å². The molecule has 0 radical (unpaired) electrons. The van der Waals surface area contributed by atoms with E-state index in [1.165, 1.54) is 31.2 Å². The quantitative estimate of drug-likeness (QED) is 0.827. The van der Waals surface area contributed by atoms with Gasteiger partial charge in [0.25, 0.3) is 5.91 Å². The molecule has 0 saturated heterocycles. The molecule has 0 atom stereocenters. The Hall–Kier alpha value is -2.24. The molecule has 0 unspecified atom stereocenters. The van der Waals surface area contributed by atoms with Gasteiger partial charge in [0, 0.05) is 13.6 Å². The van der Waals surface area contributed by atoms with Gasteiger partial charge < -0.3 is 20.1 Å². The Morgan fingerprint density at radius 1 is 1.38 bits per heavy atom. The molecule has 0 aromatic heterocycles. The molecular weight excluding hydrogens is 272 g/mol. The van der Waals surface area contributed by atoms with Crippen LogP contribution in [0.5, 0.6) is 11.5 Å². The molecule has 1 rings (SSSR count). The molecule has 21 heavy (non-hydrogen) atoms. The third kappa shape index (κ3) is 4.98. The molecule has 2 amide bonds. The highest BCUT2D eigenvalue weighted by molar-refractivity contribution is 5.98. The van der Waals surface area contributed by atoms with Crippen LogP contribution in [0.25, 0.3) is 0 Å². The van der Waals surface area contributed by atoms with Gasteiger partial charge in [0.15, 0.2) is 0 Å². The molecule has 116 valence electrons. The summed E-state index contributed by atoms with van der Waals surface area (Å²) >= 11 is 0. The second-order valence-electron chi connectivity index (χ2n) is 5.24. The molecule has 0 aliphatic rings. The number of nitrogens with zero attached hydrogens (tertiary/aromatic N) is 1. The lowest BCUT2D eigenvalue weighted by Gasteiger charge is -2.18. The average Bonchev–Trinajstić information content (AvgIpc) is 2.44. The van der Waals surface area contributed by atoms with Crippen molar-refractivity contribution >= 4 is 11.8 Å². The van der Waals surface area contributed by atoms with Crippen molar-refractivity contribution in [2.45, 2.75) is 13.8 Å². The zero-order valence-corrected chi connectivity index (χ0v) is 12.8. The molecule has 1 aromatic carbocycles. The minimum Gasteiger partial charge on any atom is -0.507 e. The van der Waals surface area contributed by atoms with E-state index in [2.05, 4.69) is 5.32 Å². The van der Waals surface area contributed by atoms with Crippen LogP contribution in [0.3, 0.4) is 0 Å². The van der Waals surface area contributed by atoms with E-state index in [1.54, 1.807) is 6.07 Å². The maximum Gasteiger partial charge on any atom is 0.257 e. The lowest BCUT2D eigenvalue weighted by Crippen LogP contribution is -2.39. The Bertz CT molecular complexity index is 514. The van der Waals surface area contributed by atoms with Crippen molar-refractivity contribution in [2.75, 3.05) is 27.2 Å². The third-order valence-corrected chi connectivity index (χ3v) is 2.87. The number of nitrogens with one attached hydrogen (secondary N) is 1. The van der Waals surface area contributed by atoms with E-state index in [0.29, 0.717) is 18.2 Å². The number of ether oxygens (including phenoxy) is 1. The Labute approximate surface area is 124 Å². The summed E-state index contributed by atoms with van der Waals surface area (Å²) in [6.45, 7) is 4.47. The van der Waals surface area contributed by atoms with Crippen LogP contribution in [0.1, 0.15) is 24.2 Å². The highest BCUT2D eigenvalue weighted by atomic mass is 16.5. The molecule has 6 heteroatoms. The highest BCUT2D eigenvalue weighted by Crippen LogP contribution is 2.23. The number of likely N-dealkylation sites (N-methyl/N-ethyl adjacent to an activating group) is 1. The van der Waals surface area contributed by atoms with E-state index >= 15 is 0 Å². The van der Waals surface area contributed by atoms with Crippen LogP contribution in [0.15, 0.2) is 18.2 Å². The SMILES string of the molecule is COc1ccc(O)c(C(=O)N(C)CC(=O)NCC(C)C)c1. The van der Waals surface area contributed by atoms with E-state index in [9.17, 15) is 14.7 Å². The van der Waals surface area contributed by atoms with E-state index in [1.807, 2.05) is 13.8 Å². The van der Waals surface area contributed by atoms with Gasteiger partial charge in [-0.3, -0.25) is 9.59 Å². The van der Waals surface area contributed by atoms with Gasteiger partial charge >= 0.3 is 0 Å². The van der Waals surface area contributed by atoms with Gasteiger partial charge in [0.1, 0.15) is 11.5 Å². The first-order valence-corrected chi connectivity index (χ1v) is 6.74.